The molecular formula is C17H12BrNO2S2. The molecule has 2 aromatic rings. The fourth-order valence-corrected chi connectivity index (χ4v) is 3.76. The molecule has 1 saturated heterocycles. The van der Waals surface area contributed by atoms with Crippen LogP contribution >= 0.6 is 39.9 Å². The maximum atomic E-state index is 12.7. The van der Waals surface area contributed by atoms with Gasteiger partial charge in [-0.2, -0.15) is 0 Å². The Labute approximate surface area is 152 Å². The number of thioether (sulfide) groups is 1. The van der Waals surface area contributed by atoms with Gasteiger partial charge in [0, 0.05) is 10.0 Å². The van der Waals surface area contributed by atoms with Crippen molar-refractivity contribution in [2.75, 3.05) is 12.0 Å². The van der Waals surface area contributed by atoms with Gasteiger partial charge in [0.1, 0.15) is 5.75 Å². The van der Waals surface area contributed by atoms with Gasteiger partial charge >= 0.3 is 0 Å². The highest BCUT2D eigenvalue weighted by Crippen LogP contribution is 2.37. The lowest BCUT2D eigenvalue weighted by Gasteiger charge is -2.14. The summed E-state index contributed by atoms with van der Waals surface area (Å²) in [6, 6.07) is 15.1. The van der Waals surface area contributed by atoms with E-state index in [9.17, 15) is 4.79 Å². The van der Waals surface area contributed by atoms with E-state index in [-0.39, 0.29) is 5.91 Å². The molecule has 23 heavy (non-hydrogen) atoms. The maximum absolute atomic E-state index is 12.7. The van der Waals surface area contributed by atoms with Gasteiger partial charge in [0.25, 0.3) is 5.91 Å². The molecule has 1 aliphatic rings. The predicted molar refractivity (Wildman–Crippen MR) is 103 cm³/mol. The molecule has 0 bridgehead atoms. The van der Waals surface area contributed by atoms with Crippen LogP contribution in [0.5, 0.6) is 5.75 Å². The molecule has 0 radical (unpaired) electrons. The monoisotopic (exact) mass is 405 g/mol. The van der Waals surface area contributed by atoms with Crippen LogP contribution in [0, 0.1) is 0 Å². The van der Waals surface area contributed by atoms with Crippen LogP contribution in [0.15, 0.2) is 57.9 Å². The molecule has 0 N–H and O–H groups in total. The van der Waals surface area contributed by atoms with Gasteiger partial charge < -0.3 is 4.74 Å². The van der Waals surface area contributed by atoms with Crippen molar-refractivity contribution in [3.05, 3.63) is 63.5 Å². The van der Waals surface area contributed by atoms with Crippen LogP contribution in [0.1, 0.15) is 5.56 Å². The van der Waals surface area contributed by atoms with Crippen LogP contribution in [0.2, 0.25) is 0 Å². The van der Waals surface area contributed by atoms with Gasteiger partial charge in [0.2, 0.25) is 0 Å². The van der Waals surface area contributed by atoms with Crippen molar-refractivity contribution in [2.45, 2.75) is 0 Å². The number of nitrogens with zero attached hydrogens (tertiary/aromatic N) is 1. The van der Waals surface area contributed by atoms with E-state index in [0.717, 1.165) is 21.5 Å². The molecule has 0 spiro atoms. The molecule has 0 saturated carbocycles. The first kappa shape index (κ1) is 16.2. The third kappa shape index (κ3) is 3.34. The average molecular weight is 406 g/mol. The van der Waals surface area contributed by atoms with Gasteiger partial charge in [-0.3, -0.25) is 9.69 Å². The van der Waals surface area contributed by atoms with Crippen molar-refractivity contribution in [1.29, 1.82) is 0 Å². The average Bonchev–Trinajstić information content (AvgIpc) is 2.83. The van der Waals surface area contributed by atoms with E-state index in [1.807, 2.05) is 54.6 Å². The number of rotatable bonds is 3. The predicted octanol–water partition coefficient (Wildman–Crippen LogP) is 4.86. The number of carbonyl (C=O) groups excluding carboxylic acids is 1. The van der Waals surface area contributed by atoms with E-state index < -0.39 is 0 Å². The Bertz CT molecular complexity index is 802. The summed E-state index contributed by atoms with van der Waals surface area (Å²) in [6.07, 6.45) is 1.82. The number of ether oxygens (including phenoxy) is 1. The molecule has 6 heteroatoms. The number of carbonyl (C=O) groups is 1. The Morgan fingerprint density at radius 2 is 1.87 bits per heavy atom. The first-order valence-electron chi connectivity index (χ1n) is 6.76. The summed E-state index contributed by atoms with van der Waals surface area (Å²) in [4.78, 5) is 14.8. The SMILES string of the molecule is COc1ccccc1/C=C1\SC(=S)N(c2ccc(Br)cc2)C1=O. The zero-order valence-electron chi connectivity index (χ0n) is 12.2. The van der Waals surface area contributed by atoms with E-state index in [0.29, 0.717) is 9.23 Å². The molecule has 3 rings (SSSR count). The van der Waals surface area contributed by atoms with Crippen LogP contribution in [0.4, 0.5) is 5.69 Å². The minimum Gasteiger partial charge on any atom is -0.496 e. The number of hydrogen-bond donors (Lipinski definition) is 0. The Hall–Kier alpha value is -1.63. The normalized spacial score (nSPS) is 16.3. The van der Waals surface area contributed by atoms with Crippen molar-refractivity contribution in [1.82, 2.24) is 0 Å². The first-order chi connectivity index (χ1) is 11.1. The number of methoxy groups -OCH3 is 1. The zero-order chi connectivity index (χ0) is 16.4. The minimum atomic E-state index is -0.117. The highest BCUT2D eigenvalue weighted by Gasteiger charge is 2.33. The van der Waals surface area contributed by atoms with E-state index in [2.05, 4.69) is 15.9 Å². The van der Waals surface area contributed by atoms with E-state index in [1.54, 1.807) is 12.0 Å². The van der Waals surface area contributed by atoms with Gasteiger partial charge in [-0.1, -0.05) is 58.1 Å². The van der Waals surface area contributed by atoms with E-state index >= 15 is 0 Å². The molecule has 1 amide bonds. The third-order valence-corrected chi connectivity index (χ3v) is 5.13. The number of anilines is 1. The molecule has 1 aliphatic heterocycles. The fourth-order valence-electron chi connectivity index (χ4n) is 2.21. The standard InChI is InChI=1S/C17H12BrNO2S2/c1-21-14-5-3-2-4-11(14)10-15-16(20)19(17(22)23-15)13-8-6-12(18)7-9-13/h2-10H,1H3/b15-10-. The summed E-state index contributed by atoms with van der Waals surface area (Å²) in [7, 11) is 1.61. The number of halogens is 1. The van der Waals surface area contributed by atoms with Crippen molar-refractivity contribution in [3.8, 4) is 5.75 Å². The molecule has 0 atom stereocenters. The second kappa shape index (κ2) is 6.86. The van der Waals surface area contributed by atoms with Gasteiger partial charge in [-0.25, -0.2) is 0 Å². The zero-order valence-corrected chi connectivity index (χ0v) is 15.4. The number of hydrogen-bond acceptors (Lipinski definition) is 4. The van der Waals surface area contributed by atoms with Crippen LogP contribution in [-0.2, 0) is 4.79 Å². The van der Waals surface area contributed by atoms with E-state index in [4.69, 9.17) is 17.0 Å². The summed E-state index contributed by atoms with van der Waals surface area (Å²) < 4.78 is 6.81. The lowest BCUT2D eigenvalue weighted by Crippen LogP contribution is -2.27. The topological polar surface area (TPSA) is 29.5 Å². The highest BCUT2D eigenvalue weighted by molar-refractivity contribution is 9.10. The Morgan fingerprint density at radius 1 is 1.17 bits per heavy atom. The number of thiocarbonyl (C=S) groups is 1. The van der Waals surface area contributed by atoms with Gasteiger partial charge in [-0.05, 0) is 36.4 Å². The minimum absolute atomic E-state index is 0.117. The summed E-state index contributed by atoms with van der Waals surface area (Å²) in [5.74, 6) is 0.606. The summed E-state index contributed by atoms with van der Waals surface area (Å²) in [5, 5.41) is 0. The van der Waals surface area contributed by atoms with Crippen LogP contribution in [-0.4, -0.2) is 17.3 Å². The summed E-state index contributed by atoms with van der Waals surface area (Å²) >= 11 is 10.1. The van der Waals surface area contributed by atoms with Gasteiger partial charge in [0.15, 0.2) is 4.32 Å². The molecule has 1 heterocycles. The second-order valence-corrected chi connectivity index (χ2v) is 7.33. The molecule has 1 fully saturated rings. The molecule has 116 valence electrons. The fraction of sp³-hybridized carbons (Fsp3) is 0.0588. The Kier molecular flexibility index (Phi) is 4.84. The van der Waals surface area contributed by atoms with Crippen molar-refractivity contribution >= 4 is 61.9 Å². The quantitative estimate of drug-likeness (QED) is 0.538. The molecule has 0 aromatic heterocycles. The third-order valence-electron chi connectivity index (χ3n) is 3.30. The molecule has 2 aromatic carbocycles. The Morgan fingerprint density at radius 3 is 2.57 bits per heavy atom. The van der Waals surface area contributed by atoms with Crippen LogP contribution in [0.25, 0.3) is 6.08 Å². The van der Waals surface area contributed by atoms with Crippen LogP contribution in [0.3, 0.4) is 0 Å². The summed E-state index contributed by atoms with van der Waals surface area (Å²) in [6.45, 7) is 0. The van der Waals surface area contributed by atoms with Crippen molar-refractivity contribution < 1.29 is 9.53 Å². The smallest absolute Gasteiger partial charge is 0.270 e. The largest absolute Gasteiger partial charge is 0.496 e. The molecule has 0 unspecified atom stereocenters. The van der Waals surface area contributed by atoms with Crippen molar-refractivity contribution in [3.63, 3.8) is 0 Å². The lowest BCUT2D eigenvalue weighted by atomic mass is 10.2. The Balaban J connectivity index is 1.95. The van der Waals surface area contributed by atoms with Crippen LogP contribution < -0.4 is 9.64 Å². The number of para-hydroxylation sites is 1. The number of benzene rings is 2. The molecule has 0 aliphatic carbocycles. The highest BCUT2D eigenvalue weighted by atomic mass is 79.9. The summed E-state index contributed by atoms with van der Waals surface area (Å²) in [5.41, 5.74) is 1.62. The van der Waals surface area contributed by atoms with Crippen molar-refractivity contribution in [2.24, 2.45) is 0 Å². The first-order valence-corrected chi connectivity index (χ1v) is 8.78. The maximum Gasteiger partial charge on any atom is 0.270 e. The lowest BCUT2D eigenvalue weighted by molar-refractivity contribution is -0.113. The molecular weight excluding hydrogens is 394 g/mol. The van der Waals surface area contributed by atoms with Gasteiger partial charge in [-0.15, -0.1) is 0 Å². The van der Waals surface area contributed by atoms with Gasteiger partial charge in [0.05, 0.1) is 17.7 Å². The van der Waals surface area contributed by atoms with E-state index in [1.165, 1.54) is 11.8 Å². The molecule has 3 nitrogen and oxygen atoms in total. The second-order valence-electron chi connectivity index (χ2n) is 4.74. The number of amides is 1.